The maximum absolute atomic E-state index is 11.6. The summed E-state index contributed by atoms with van der Waals surface area (Å²) in [6.07, 6.45) is 1.61. The molecule has 0 aliphatic heterocycles. The number of carboxylic acids is 1. The molecule has 0 aliphatic carbocycles. The first-order valence-corrected chi connectivity index (χ1v) is 5.94. The third kappa shape index (κ3) is 7.08. The molecule has 0 rings (SSSR count). The Hall–Kier alpha value is -1.34. The topological polar surface area (TPSA) is 108 Å². The van der Waals surface area contributed by atoms with E-state index in [1.807, 2.05) is 6.92 Å². The van der Waals surface area contributed by atoms with E-state index in [-0.39, 0.29) is 19.1 Å². The second-order valence-electron chi connectivity index (χ2n) is 3.96. The fourth-order valence-electron chi connectivity index (χ4n) is 1.52. The highest BCUT2D eigenvalue weighted by Gasteiger charge is 2.20. The lowest BCUT2D eigenvalue weighted by Gasteiger charge is -2.19. The van der Waals surface area contributed by atoms with Gasteiger partial charge in [0.2, 0.25) is 0 Å². The van der Waals surface area contributed by atoms with Crippen LogP contribution in [0.2, 0.25) is 0 Å². The van der Waals surface area contributed by atoms with Gasteiger partial charge in [-0.1, -0.05) is 13.3 Å². The van der Waals surface area contributed by atoms with Crippen LogP contribution in [0.5, 0.6) is 0 Å². The number of rotatable bonds is 9. The molecule has 0 radical (unpaired) electrons. The van der Waals surface area contributed by atoms with E-state index in [1.165, 1.54) is 7.11 Å². The molecule has 0 aromatic heterocycles. The van der Waals surface area contributed by atoms with E-state index in [0.29, 0.717) is 6.61 Å². The Morgan fingerprint density at radius 2 is 1.94 bits per heavy atom. The SMILES string of the molecule is CCCC(COC)NC(=O)N[C@@H](CCO)C(=O)O. The standard InChI is InChI=1S/C11H22N2O5/c1-3-4-8(7-18-2)12-11(17)13-9(5-6-14)10(15)16/h8-9,14H,3-7H2,1-2H3,(H,15,16)(H2,12,13,17)/t8?,9-/m0/s1. The molecule has 0 heterocycles. The van der Waals surface area contributed by atoms with Gasteiger partial charge in [-0.05, 0) is 6.42 Å². The summed E-state index contributed by atoms with van der Waals surface area (Å²) in [5.41, 5.74) is 0. The summed E-state index contributed by atoms with van der Waals surface area (Å²) >= 11 is 0. The number of ether oxygens (including phenoxy) is 1. The number of carboxylic acid groups (broad SMARTS) is 1. The van der Waals surface area contributed by atoms with Crippen LogP contribution in [0.25, 0.3) is 0 Å². The Balaban J connectivity index is 4.23. The van der Waals surface area contributed by atoms with Crippen molar-refractivity contribution in [1.29, 1.82) is 0 Å². The van der Waals surface area contributed by atoms with Crippen LogP contribution >= 0.6 is 0 Å². The Morgan fingerprint density at radius 1 is 1.28 bits per heavy atom. The van der Waals surface area contributed by atoms with Crippen LogP contribution in [0.15, 0.2) is 0 Å². The van der Waals surface area contributed by atoms with Crippen molar-refractivity contribution >= 4 is 12.0 Å². The van der Waals surface area contributed by atoms with E-state index in [2.05, 4.69) is 10.6 Å². The van der Waals surface area contributed by atoms with Gasteiger partial charge in [-0.25, -0.2) is 9.59 Å². The number of aliphatic carboxylic acids is 1. The number of carbonyl (C=O) groups excluding carboxylic acids is 1. The van der Waals surface area contributed by atoms with Gasteiger partial charge in [0.05, 0.1) is 12.6 Å². The quantitative estimate of drug-likeness (QED) is 0.465. The molecule has 106 valence electrons. The van der Waals surface area contributed by atoms with Crippen LogP contribution in [0.4, 0.5) is 4.79 Å². The minimum atomic E-state index is -1.17. The maximum Gasteiger partial charge on any atom is 0.326 e. The molecule has 7 heteroatoms. The van der Waals surface area contributed by atoms with Crippen molar-refractivity contribution in [2.24, 2.45) is 0 Å². The molecule has 0 bridgehead atoms. The van der Waals surface area contributed by atoms with Crippen LogP contribution in [-0.4, -0.2) is 54.6 Å². The second-order valence-corrected chi connectivity index (χ2v) is 3.96. The van der Waals surface area contributed by atoms with Crippen molar-refractivity contribution in [3.63, 3.8) is 0 Å². The van der Waals surface area contributed by atoms with Crippen molar-refractivity contribution in [3.05, 3.63) is 0 Å². The smallest absolute Gasteiger partial charge is 0.326 e. The van der Waals surface area contributed by atoms with Crippen LogP contribution in [0, 0.1) is 0 Å². The normalized spacial score (nSPS) is 13.7. The number of hydrogen-bond acceptors (Lipinski definition) is 4. The van der Waals surface area contributed by atoms with Crippen LogP contribution in [0.1, 0.15) is 26.2 Å². The molecular weight excluding hydrogens is 240 g/mol. The van der Waals surface area contributed by atoms with Gasteiger partial charge in [-0.3, -0.25) is 0 Å². The third-order valence-corrected chi connectivity index (χ3v) is 2.36. The van der Waals surface area contributed by atoms with Gasteiger partial charge in [0.25, 0.3) is 0 Å². The predicted molar refractivity (Wildman–Crippen MR) is 65.4 cm³/mol. The molecule has 0 fully saturated rings. The zero-order chi connectivity index (χ0) is 14.0. The summed E-state index contributed by atoms with van der Waals surface area (Å²) in [5.74, 6) is -1.17. The molecule has 7 nitrogen and oxygen atoms in total. The van der Waals surface area contributed by atoms with Crippen molar-refractivity contribution in [2.75, 3.05) is 20.3 Å². The number of methoxy groups -OCH3 is 1. The molecule has 2 amide bonds. The number of hydrogen-bond donors (Lipinski definition) is 4. The number of amides is 2. The highest BCUT2D eigenvalue weighted by molar-refractivity contribution is 5.82. The highest BCUT2D eigenvalue weighted by atomic mass is 16.5. The van der Waals surface area contributed by atoms with E-state index >= 15 is 0 Å². The van der Waals surface area contributed by atoms with Gasteiger partial charge in [0.15, 0.2) is 0 Å². The van der Waals surface area contributed by atoms with Crippen LogP contribution in [-0.2, 0) is 9.53 Å². The average Bonchev–Trinajstić information content (AvgIpc) is 2.29. The van der Waals surface area contributed by atoms with Gasteiger partial charge in [-0.2, -0.15) is 0 Å². The summed E-state index contributed by atoms with van der Waals surface area (Å²) in [4.78, 5) is 22.4. The number of urea groups is 1. The fourth-order valence-corrected chi connectivity index (χ4v) is 1.52. The Kier molecular flexibility index (Phi) is 8.95. The number of carbonyl (C=O) groups is 2. The van der Waals surface area contributed by atoms with Crippen LogP contribution < -0.4 is 10.6 Å². The molecule has 0 aliphatic rings. The molecule has 2 atom stereocenters. The molecule has 18 heavy (non-hydrogen) atoms. The molecule has 0 saturated heterocycles. The maximum atomic E-state index is 11.6. The minimum Gasteiger partial charge on any atom is -0.480 e. The second kappa shape index (κ2) is 9.67. The highest BCUT2D eigenvalue weighted by Crippen LogP contribution is 1.98. The summed E-state index contributed by atoms with van der Waals surface area (Å²) in [5, 5.41) is 22.5. The summed E-state index contributed by atoms with van der Waals surface area (Å²) in [6.45, 7) is 2.06. The Morgan fingerprint density at radius 3 is 2.39 bits per heavy atom. The number of aliphatic hydroxyl groups excluding tert-OH is 1. The Bertz CT molecular complexity index is 254. The first-order valence-electron chi connectivity index (χ1n) is 5.94. The predicted octanol–water partition coefficient (Wildman–Crippen LogP) is -0.0637. The van der Waals surface area contributed by atoms with E-state index in [0.717, 1.165) is 12.8 Å². The van der Waals surface area contributed by atoms with Gasteiger partial charge in [-0.15, -0.1) is 0 Å². The first-order chi connectivity index (χ1) is 8.54. The van der Waals surface area contributed by atoms with Crippen molar-refractivity contribution in [2.45, 2.75) is 38.3 Å². The summed E-state index contributed by atoms with van der Waals surface area (Å²) in [6, 6.07) is -1.80. The molecule has 0 aromatic rings. The first kappa shape index (κ1) is 16.7. The van der Waals surface area contributed by atoms with Crippen molar-refractivity contribution in [3.8, 4) is 0 Å². The molecule has 0 spiro atoms. The Labute approximate surface area is 107 Å². The average molecular weight is 262 g/mol. The van der Waals surface area contributed by atoms with E-state index in [9.17, 15) is 9.59 Å². The zero-order valence-electron chi connectivity index (χ0n) is 10.8. The lowest BCUT2D eigenvalue weighted by molar-refractivity contribution is -0.139. The summed E-state index contributed by atoms with van der Waals surface area (Å²) < 4.78 is 4.96. The van der Waals surface area contributed by atoms with Gasteiger partial charge < -0.3 is 25.6 Å². The van der Waals surface area contributed by atoms with Crippen LogP contribution in [0.3, 0.4) is 0 Å². The molecule has 4 N–H and O–H groups in total. The van der Waals surface area contributed by atoms with E-state index < -0.39 is 18.0 Å². The number of nitrogens with one attached hydrogen (secondary N) is 2. The monoisotopic (exact) mass is 262 g/mol. The molecule has 0 aromatic carbocycles. The third-order valence-electron chi connectivity index (χ3n) is 2.36. The number of aliphatic hydroxyl groups is 1. The van der Waals surface area contributed by atoms with Gasteiger partial charge in [0.1, 0.15) is 6.04 Å². The molecule has 1 unspecified atom stereocenters. The molecule has 0 saturated carbocycles. The van der Waals surface area contributed by atoms with E-state index in [4.69, 9.17) is 14.9 Å². The molecular formula is C11H22N2O5. The summed E-state index contributed by atoms with van der Waals surface area (Å²) in [7, 11) is 1.54. The van der Waals surface area contributed by atoms with Crippen molar-refractivity contribution < 1.29 is 24.5 Å². The van der Waals surface area contributed by atoms with Gasteiger partial charge >= 0.3 is 12.0 Å². The van der Waals surface area contributed by atoms with Gasteiger partial charge in [0, 0.05) is 20.1 Å². The zero-order valence-corrected chi connectivity index (χ0v) is 10.8. The van der Waals surface area contributed by atoms with E-state index in [1.54, 1.807) is 0 Å². The fraction of sp³-hybridized carbons (Fsp3) is 0.818. The minimum absolute atomic E-state index is 0.0223. The largest absolute Gasteiger partial charge is 0.480 e. The lowest BCUT2D eigenvalue weighted by atomic mass is 10.2. The van der Waals surface area contributed by atoms with Crippen molar-refractivity contribution in [1.82, 2.24) is 10.6 Å². The lowest BCUT2D eigenvalue weighted by Crippen LogP contribution is -2.50.